The number of benzene rings is 7. The van der Waals surface area contributed by atoms with Gasteiger partial charge in [0.15, 0.2) is 0 Å². The third kappa shape index (κ3) is 2.95. The van der Waals surface area contributed by atoms with E-state index in [9.17, 15) is 0 Å². The summed E-state index contributed by atoms with van der Waals surface area (Å²) in [5.74, 6) is 0. The fourth-order valence-electron chi connectivity index (χ4n) is 7.94. The van der Waals surface area contributed by atoms with E-state index < -0.39 is 0 Å². The summed E-state index contributed by atoms with van der Waals surface area (Å²) in [6, 6.07) is 52.8. The lowest BCUT2D eigenvalue weighted by Crippen LogP contribution is -1.95. The molecule has 3 nitrogen and oxygen atoms in total. The molecule has 0 saturated heterocycles. The number of fused-ring (bicyclic) bond motifs is 12. The van der Waals surface area contributed by atoms with Gasteiger partial charge < -0.3 is 13.4 Å². The van der Waals surface area contributed by atoms with E-state index in [1.807, 2.05) is 12.1 Å². The second kappa shape index (κ2) is 8.31. The van der Waals surface area contributed by atoms with Crippen LogP contribution in [-0.2, 0) is 0 Å². The SMILES string of the molecule is c1ccc2c(c1)oc1cc(-c3ccc4c5ccccc5n(-c5ccc6c7ccccc7n7c8ccccc8c5c67)c4c3)ccc12. The number of hydrogen-bond donors (Lipinski definition) is 0. The van der Waals surface area contributed by atoms with Gasteiger partial charge in [-0.1, -0.05) is 97.1 Å². The minimum absolute atomic E-state index is 0.914. The molecule has 0 aliphatic heterocycles. The van der Waals surface area contributed by atoms with E-state index in [0.29, 0.717) is 0 Å². The fraction of sp³-hybridized carbons (Fsp3) is 0. The number of hydrogen-bond acceptors (Lipinski definition) is 1. The molecule has 0 atom stereocenters. The van der Waals surface area contributed by atoms with Gasteiger partial charge in [-0.05, 0) is 59.7 Å². The Morgan fingerprint density at radius 2 is 0.933 bits per heavy atom. The maximum absolute atomic E-state index is 6.27. The van der Waals surface area contributed by atoms with Crippen LogP contribution >= 0.6 is 0 Å². The Morgan fingerprint density at radius 3 is 1.76 bits per heavy atom. The van der Waals surface area contributed by atoms with Gasteiger partial charge in [-0.15, -0.1) is 0 Å². The van der Waals surface area contributed by atoms with Crippen molar-refractivity contribution in [1.82, 2.24) is 8.97 Å². The Hall–Kier alpha value is -6.06. The Balaban J connectivity index is 1.24. The molecule has 4 aromatic heterocycles. The Kier molecular flexibility index (Phi) is 4.32. The number of rotatable bonds is 2. The molecule has 0 spiro atoms. The first-order valence-electron chi connectivity index (χ1n) is 15.4. The minimum atomic E-state index is 0.914. The highest BCUT2D eigenvalue weighted by atomic mass is 16.3. The lowest BCUT2D eigenvalue weighted by molar-refractivity contribution is 0.669. The normalized spacial score (nSPS) is 12.4. The van der Waals surface area contributed by atoms with Crippen LogP contribution in [0.2, 0.25) is 0 Å². The summed E-state index contributed by atoms with van der Waals surface area (Å²) in [6.07, 6.45) is 0. The summed E-state index contributed by atoms with van der Waals surface area (Å²) in [6.45, 7) is 0. The van der Waals surface area contributed by atoms with E-state index in [0.717, 1.165) is 27.5 Å². The average molecular weight is 573 g/mol. The van der Waals surface area contributed by atoms with Gasteiger partial charge in [0.25, 0.3) is 0 Å². The molecule has 0 aliphatic carbocycles. The van der Waals surface area contributed by atoms with Gasteiger partial charge in [-0.25, -0.2) is 0 Å². The first kappa shape index (κ1) is 23.4. The summed E-state index contributed by atoms with van der Waals surface area (Å²) >= 11 is 0. The molecule has 0 fully saturated rings. The largest absolute Gasteiger partial charge is 0.456 e. The highest BCUT2D eigenvalue weighted by Gasteiger charge is 2.22. The van der Waals surface area contributed by atoms with Gasteiger partial charge >= 0.3 is 0 Å². The number of aromatic nitrogens is 2. The standard InChI is InChI=1S/C42H24N2O/c1-5-13-34-27(9-1)29-19-17-25(26-18-20-31-30-11-4-8-16-39(30)45-40(31)24-26)23-38(29)43(34)37-22-21-32-28-10-2-6-14-35(28)44-36-15-7-3-12-33(36)41(37)42(32)44/h1-24H. The first-order valence-corrected chi connectivity index (χ1v) is 15.4. The molecule has 3 heteroatoms. The van der Waals surface area contributed by atoms with E-state index in [1.54, 1.807) is 0 Å². The smallest absolute Gasteiger partial charge is 0.136 e. The predicted octanol–water partition coefficient (Wildman–Crippen LogP) is 11.5. The van der Waals surface area contributed by atoms with E-state index >= 15 is 0 Å². The summed E-state index contributed by atoms with van der Waals surface area (Å²) < 4.78 is 11.2. The number of para-hydroxylation sites is 4. The Bertz CT molecular complexity index is 2990. The minimum Gasteiger partial charge on any atom is -0.456 e. The van der Waals surface area contributed by atoms with Crippen molar-refractivity contribution < 1.29 is 4.42 Å². The molecule has 0 radical (unpaired) electrons. The van der Waals surface area contributed by atoms with Crippen LogP contribution in [0.4, 0.5) is 0 Å². The molecule has 0 aliphatic rings. The van der Waals surface area contributed by atoms with Crippen molar-refractivity contribution in [1.29, 1.82) is 0 Å². The molecular formula is C42H24N2O. The lowest BCUT2D eigenvalue weighted by atomic mass is 10.0. The van der Waals surface area contributed by atoms with Gasteiger partial charge in [0, 0.05) is 43.1 Å². The molecule has 45 heavy (non-hydrogen) atoms. The van der Waals surface area contributed by atoms with Crippen LogP contribution in [0.3, 0.4) is 0 Å². The van der Waals surface area contributed by atoms with Crippen LogP contribution in [0.25, 0.3) is 98.7 Å². The van der Waals surface area contributed by atoms with E-state index in [4.69, 9.17) is 4.42 Å². The first-order chi connectivity index (χ1) is 22.3. The lowest BCUT2D eigenvalue weighted by Gasteiger charge is -2.12. The fourth-order valence-corrected chi connectivity index (χ4v) is 7.94. The van der Waals surface area contributed by atoms with Crippen molar-refractivity contribution in [2.45, 2.75) is 0 Å². The topological polar surface area (TPSA) is 22.5 Å². The molecule has 11 rings (SSSR count). The van der Waals surface area contributed by atoms with Crippen LogP contribution in [0.1, 0.15) is 0 Å². The predicted molar refractivity (Wildman–Crippen MR) is 188 cm³/mol. The molecular weight excluding hydrogens is 548 g/mol. The second-order valence-electron chi connectivity index (χ2n) is 12.1. The third-order valence-corrected chi connectivity index (χ3v) is 9.86. The van der Waals surface area contributed by atoms with Crippen LogP contribution in [0.5, 0.6) is 0 Å². The van der Waals surface area contributed by atoms with Crippen molar-refractivity contribution in [3.8, 4) is 16.8 Å². The molecule has 0 bridgehead atoms. The van der Waals surface area contributed by atoms with Crippen molar-refractivity contribution in [2.24, 2.45) is 0 Å². The molecule has 208 valence electrons. The molecule has 0 unspecified atom stereocenters. The van der Waals surface area contributed by atoms with Gasteiger partial charge in [0.1, 0.15) is 11.2 Å². The molecule has 11 aromatic rings. The van der Waals surface area contributed by atoms with Crippen LogP contribution in [0.15, 0.2) is 150 Å². The van der Waals surface area contributed by atoms with E-state index in [-0.39, 0.29) is 0 Å². The molecule has 0 amide bonds. The molecule has 0 saturated carbocycles. The second-order valence-corrected chi connectivity index (χ2v) is 12.1. The van der Waals surface area contributed by atoms with Crippen molar-refractivity contribution >= 4 is 81.8 Å². The van der Waals surface area contributed by atoms with Crippen molar-refractivity contribution in [3.05, 3.63) is 146 Å². The zero-order chi connectivity index (χ0) is 29.2. The highest BCUT2D eigenvalue weighted by Crippen LogP contribution is 2.44. The molecule has 7 aromatic carbocycles. The van der Waals surface area contributed by atoms with Gasteiger partial charge in [0.2, 0.25) is 0 Å². The average Bonchev–Trinajstić information content (AvgIpc) is 3.83. The molecule has 4 heterocycles. The Morgan fingerprint density at radius 1 is 0.378 bits per heavy atom. The van der Waals surface area contributed by atoms with Gasteiger partial charge in [-0.2, -0.15) is 0 Å². The Labute approximate surface area is 257 Å². The highest BCUT2D eigenvalue weighted by molar-refractivity contribution is 6.26. The van der Waals surface area contributed by atoms with Gasteiger partial charge in [0.05, 0.1) is 33.3 Å². The zero-order valence-corrected chi connectivity index (χ0v) is 24.2. The summed E-state index contributed by atoms with van der Waals surface area (Å²) in [4.78, 5) is 0. The maximum atomic E-state index is 6.27. The maximum Gasteiger partial charge on any atom is 0.136 e. The zero-order valence-electron chi connectivity index (χ0n) is 24.2. The van der Waals surface area contributed by atoms with Crippen LogP contribution in [0, 0.1) is 0 Å². The van der Waals surface area contributed by atoms with E-state index in [1.165, 1.54) is 71.2 Å². The summed E-state index contributed by atoms with van der Waals surface area (Å²) in [5, 5.41) is 9.95. The molecule has 0 N–H and O–H groups in total. The number of furan rings is 1. The van der Waals surface area contributed by atoms with E-state index in [2.05, 4.69) is 142 Å². The van der Waals surface area contributed by atoms with Crippen LogP contribution < -0.4 is 0 Å². The van der Waals surface area contributed by atoms with Gasteiger partial charge in [-0.3, -0.25) is 0 Å². The number of nitrogens with zero attached hydrogens (tertiary/aromatic N) is 2. The monoisotopic (exact) mass is 572 g/mol. The van der Waals surface area contributed by atoms with Crippen LogP contribution in [-0.4, -0.2) is 8.97 Å². The quantitative estimate of drug-likeness (QED) is 0.202. The summed E-state index contributed by atoms with van der Waals surface area (Å²) in [7, 11) is 0. The van der Waals surface area contributed by atoms with Crippen molar-refractivity contribution in [3.63, 3.8) is 0 Å². The third-order valence-electron chi connectivity index (χ3n) is 9.86. The van der Waals surface area contributed by atoms with Crippen molar-refractivity contribution in [2.75, 3.05) is 0 Å². The summed E-state index contributed by atoms with van der Waals surface area (Å²) in [5.41, 5.74) is 11.5.